The average Bonchev–Trinajstić information content (AvgIpc) is 2.54. The van der Waals surface area contributed by atoms with Gasteiger partial charge in [-0.2, -0.15) is 0 Å². The summed E-state index contributed by atoms with van der Waals surface area (Å²) >= 11 is 5.89. The van der Waals surface area contributed by atoms with Crippen LogP contribution in [-0.2, 0) is 11.2 Å². The number of benzene rings is 1. The molecule has 1 aliphatic heterocycles. The molecule has 1 N–H and O–H groups in total. The summed E-state index contributed by atoms with van der Waals surface area (Å²) in [5.41, 5.74) is 0.997. The van der Waals surface area contributed by atoms with Crippen LogP contribution in [0.15, 0.2) is 24.3 Å². The van der Waals surface area contributed by atoms with Gasteiger partial charge in [-0.1, -0.05) is 37.6 Å². The van der Waals surface area contributed by atoms with E-state index >= 15 is 0 Å². The van der Waals surface area contributed by atoms with Gasteiger partial charge in [0.25, 0.3) is 0 Å². The Kier molecular flexibility index (Phi) is 7.53. The molecule has 0 radical (unpaired) electrons. The van der Waals surface area contributed by atoms with E-state index in [1.165, 1.54) is 0 Å². The third-order valence-electron chi connectivity index (χ3n) is 4.61. The van der Waals surface area contributed by atoms with Crippen molar-refractivity contribution in [1.82, 2.24) is 15.1 Å². The van der Waals surface area contributed by atoms with Gasteiger partial charge in [0.2, 0.25) is 5.91 Å². The summed E-state index contributed by atoms with van der Waals surface area (Å²) in [7, 11) is 2.17. The van der Waals surface area contributed by atoms with Gasteiger partial charge >= 0.3 is 0 Å². The maximum Gasteiger partial charge on any atom is 0.224 e. The summed E-state index contributed by atoms with van der Waals surface area (Å²) in [6.07, 6.45) is 1.53. The number of piperazine rings is 1. The molecule has 1 saturated heterocycles. The van der Waals surface area contributed by atoms with Crippen LogP contribution in [0.5, 0.6) is 0 Å². The molecular weight excluding hydrogens is 322 g/mol. The van der Waals surface area contributed by atoms with Gasteiger partial charge in [0.15, 0.2) is 0 Å². The van der Waals surface area contributed by atoms with Gasteiger partial charge in [-0.15, -0.1) is 0 Å². The van der Waals surface area contributed by atoms with Gasteiger partial charge in [-0.3, -0.25) is 9.69 Å². The van der Waals surface area contributed by atoms with Crippen LogP contribution in [0.4, 0.5) is 0 Å². The fourth-order valence-electron chi connectivity index (χ4n) is 3.17. The van der Waals surface area contributed by atoms with E-state index in [4.69, 9.17) is 11.6 Å². The third kappa shape index (κ3) is 6.42. The first-order valence-electron chi connectivity index (χ1n) is 8.87. The highest BCUT2D eigenvalue weighted by Gasteiger charge is 2.23. The van der Waals surface area contributed by atoms with Gasteiger partial charge in [0.05, 0.1) is 6.42 Å². The van der Waals surface area contributed by atoms with E-state index in [0.717, 1.165) is 44.7 Å². The third-order valence-corrected chi connectivity index (χ3v) is 4.86. The summed E-state index contributed by atoms with van der Waals surface area (Å²) in [6, 6.07) is 7.90. The number of hydrogen-bond acceptors (Lipinski definition) is 3. The molecule has 1 aromatic carbocycles. The largest absolute Gasteiger partial charge is 0.354 e. The number of nitrogens with one attached hydrogen (secondary N) is 1. The van der Waals surface area contributed by atoms with Crippen molar-refractivity contribution in [2.45, 2.75) is 32.7 Å². The highest BCUT2D eigenvalue weighted by molar-refractivity contribution is 6.30. The summed E-state index contributed by atoms with van der Waals surface area (Å²) in [5, 5.41) is 3.83. The fourth-order valence-corrected chi connectivity index (χ4v) is 3.30. The lowest BCUT2D eigenvalue weighted by Crippen LogP contribution is -2.52. The quantitative estimate of drug-likeness (QED) is 0.820. The summed E-state index contributed by atoms with van der Waals surface area (Å²) in [5.74, 6) is 0.711. The van der Waals surface area contributed by atoms with E-state index in [1.54, 1.807) is 0 Å². The Labute approximate surface area is 151 Å². The zero-order valence-electron chi connectivity index (χ0n) is 15.1. The lowest BCUT2D eigenvalue weighted by molar-refractivity contribution is -0.120. The highest BCUT2D eigenvalue weighted by Crippen LogP contribution is 2.14. The minimum Gasteiger partial charge on any atom is -0.354 e. The molecule has 0 spiro atoms. The topological polar surface area (TPSA) is 35.6 Å². The minimum absolute atomic E-state index is 0.0835. The summed E-state index contributed by atoms with van der Waals surface area (Å²) in [4.78, 5) is 17.1. The molecule has 1 aliphatic rings. The maximum absolute atomic E-state index is 12.3. The molecular formula is C19H30ClN3O. The second-order valence-corrected chi connectivity index (χ2v) is 7.67. The molecule has 1 fully saturated rings. The van der Waals surface area contributed by atoms with E-state index in [0.29, 0.717) is 23.4 Å². The predicted molar refractivity (Wildman–Crippen MR) is 100 cm³/mol. The second kappa shape index (κ2) is 9.40. The van der Waals surface area contributed by atoms with E-state index in [9.17, 15) is 4.79 Å². The Morgan fingerprint density at radius 2 is 1.79 bits per heavy atom. The first-order valence-corrected chi connectivity index (χ1v) is 9.25. The molecule has 134 valence electrons. The normalized spacial score (nSPS) is 17.9. The van der Waals surface area contributed by atoms with Crippen molar-refractivity contribution in [1.29, 1.82) is 0 Å². The van der Waals surface area contributed by atoms with Crippen molar-refractivity contribution < 1.29 is 4.79 Å². The van der Waals surface area contributed by atoms with E-state index in [1.807, 2.05) is 24.3 Å². The molecule has 0 saturated carbocycles. The Bertz CT molecular complexity index is 510. The SMILES string of the molecule is CC(C)CC(CNC(=O)Cc1ccc(Cl)cc1)N1CCN(C)CC1. The number of likely N-dealkylation sites (N-methyl/N-ethyl adjacent to an activating group) is 1. The Morgan fingerprint density at radius 1 is 1.17 bits per heavy atom. The van der Waals surface area contributed by atoms with Gasteiger partial charge in [-0.25, -0.2) is 0 Å². The molecule has 24 heavy (non-hydrogen) atoms. The van der Waals surface area contributed by atoms with Crippen molar-refractivity contribution >= 4 is 17.5 Å². The van der Waals surface area contributed by atoms with Gasteiger partial charge in [0.1, 0.15) is 0 Å². The first kappa shape index (κ1) is 19.2. The Balaban J connectivity index is 1.84. The number of carbonyl (C=O) groups is 1. The lowest BCUT2D eigenvalue weighted by atomic mass is 10.0. The fraction of sp³-hybridized carbons (Fsp3) is 0.632. The monoisotopic (exact) mass is 351 g/mol. The zero-order valence-corrected chi connectivity index (χ0v) is 15.9. The van der Waals surface area contributed by atoms with Crippen LogP contribution in [0.1, 0.15) is 25.8 Å². The second-order valence-electron chi connectivity index (χ2n) is 7.23. The molecule has 4 nitrogen and oxygen atoms in total. The van der Waals surface area contributed by atoms with Gasteiger partial charge in [0, 0.05) is 43.8 Å². The number of nitrogens with zero attached hydrogens (tertiary/aromatic N) is 2. The van der Waals surface area contributed by atoms with Crippen molar-refractivity contribution in [2.75, 3.05) is 39.8 Å². The van der Waals surface area contributed by atoms with Crippen molar-refractivity contribution in [3.63, 3.8) is 0 Å². The average molecular weight is 352 g/mol. The predicted octanol–water partition coefficient (Wildman–Crippen LogP) is 2.66. The minimum atomic E-state index is 0.0835. The molecule has 0 aromatic heterocycles. The molecule has 1 amide bonds. The smallest absolute Gasteiger partial charge is 0.224 e. The number of halogens is 1. The lowest BCUT2D eigenvalue weighted by Gasteiger charge is -2.38. The van der Waals surface area contributed by atoms with Gasteiger partial charge < -0.3 is 10.2 Å². The maximum atomic E-state index is 12.3. The van der Waals surface area contributed by atoms with Crippen LogP contribution in [-0.4, -0.2) is 61.5 Å². The molecule has 1 unspecified atom stereocenters. The molecule has 1 atom stereocenters. The number of hydrogen-bond donors (Lipinski definition) is 1. The summed E-state index contributed by atoms with van der Waals surface area (Å²) < 4.78 is 0. The molecule has 1 heterocycles. The number of amides is 1. The number of rotatable bonds is 7. The standard InChI is InChI=1S/C19H30ClN3O/c1-15(2)12-18(23-10-8-22(3)9-11-23)14-21-19(24)13-16-4-6-17(20)7-5-16/h4-7,15,18H,8-14H2,1-3H3,(H,21,24). The van der Waals surface area contributed by atoms with E-state index in [2.05, 4.69) is 36.0 Å². The Hall–Kier alpha value is -1.10. The molecule has 0 bridgehead atoms. The van der Waals surface area contributed by atoms with Crippen LogP contribution in [0, 0.1) is 5.92 Å². The highest BCUT2D eigenvalue weighted by atomic mass is 35.5. The van der Waals surface area contributed by atoms with Crippen molar-refractivity contribution in [3.05, 3.63) is 34.9 Å². The molecule has 5 heteroatoms. The zero-order chi connectivity index (χ0) is 17.5. The molecule has 0 aliphatic carbocycles. The van der Waals surface area contributed by atoms with Crippen LogP contribution < -0.4 is 5.32 Å². The summed E-state index contributed by atoms with van der Waals surface area (Å²) in [6.45, 7) is 9.61. The van der Waals surface area contributed by atoms with E-state index < -0.39 is 0 Å². The van der Waals surface area contributed by atoms with Crippen LogP contribution >= 0.6 is 11.6 Å². The van der Waals surface area contributed by atoms with Crippen LogP contribution in [0.25, 0.3) is 0 Å². The van der Waals surface area contributed by atoms with E-state index in [-0.39, 0.29) is 5.91 Å². The first-order chi connectivity index (χ1) is 11.4. The Morgan fingerprint density at radius 3 is 2.38 bits per heavy atom. The van der Waals surface area contributed by atoms with Crippen LogP contribution in [0.2, 0.25) is 5.02 Å². The molecule has 1 aromatic rings. The van der Waals surface area contributed by atoms with Crippen molar-refractivity contribution in [2.24, 2.45) is 5.92 Å². The van der Waals surface area contributed by atoms with Crippen LogP contribution in [0.3, 0.4) is 0 Å². The number of carbonyl (C=O) groups excluding carboxylic acids is 1. The van der Waals surface area contributed by atoms with Crippen molar-refractivity contribution in [3.8, 4) is 0 Å². The van der Waals surface area contributed by atoms with Gasteiger partial charge in [-0.05, 0) is 37.1 Å². The molecule has 2 rings (SSSR count).